The lowest BCUT2D eigenvalue weighted by atomic mass is 9.43. The number of nitrogens with zero attached hydrogens (tertiary/aromatic N) is 2. The molecule has 10 aromatic rings. The number of rotatable bonds is 1. The zero-order valence-corrected chi connectivity index (χ0v) is 43.9. The summed E-state index contributed by atoms with van der Waals surface area (Å²) in [5.41, 5.74) is 26.9. The molecule has 344 valence electrons. The van der Waals surface area contributed by atoms with Crippen LogP contribution in [0.15, 0.2) is 133 Å². The van der Waals surface area contributed by atoms with Gasteiger partial charge in [-0.1, -0.05) is 175 Å². The minimum Gasteiger partial charge on any atom is -0.376 e. The van der Waals surface area contributed by atoms with Crippen molar-refractivity contribution < 1.29 is 0 Å². The molecule has 4 aliphatic rings. The van der Waals surface area contributed by atoms with Crippen molar-refractivity contribution in [2.45, 2.75) is 117 Å². The van der Waals surface area contributed by atoms with Crippen molar-refractivity contribution >= 4 is 82.5 Å². The molecule has 14 rings (SSSR count). The molecule has 0 atom stereocenters. The summed E-state index contributed by atoms with van der Waals surface area (Å²) in [6.07, 6.45) is 0. The maximum atomic E-state index is 2.78. The van der Waals surface area contributed by atoms with Crippen molar-refractivity contribution in [3.63, 3.8) is 0 Å². The summed E-state index contributed by atoms with van der Waals surface area (Å²) < 4.78 is 5.39. The molecule has 0 amide bonds. The third-order valence-corrected chi connectivity index (χ3v) is 18.5. The molecule has 0 bridgehead atoms. The van der Waals surface area contributed by atoms with Gasteiger partial charge >= 0.3 is 6.85 Å². The molecule has 0 saturated carbocycles. The van der Waals surface area contributed by atoms with Crippen molar-refractivity contribution in [1.82, 2.24) is 4.57 Å². The first kappa shape index (κ1) is 42.5. The molecule has 70 heavy (non-hydrogen) atoms. The lowest BCUT2D eigenvalue weighted by Crippen LogP contribution is -2.61. The summed E-state index contributed by atoms with van der Waals surface area (Å²) in [7, 11) is 0. The maximum absolute atomic E-state index is 2.78. The van der Waals surface area contributed by atoms with Gasteiger partial charge < -0.3 is 9.38 Å². The van der Waals surface area contributed by atoms with Gasteiger partial charge in [0.25, 0.3) is 0 Å². The van der Waals surface area contributed by atoms with Crippen LogP contribution in [-0.2, 0) is 27.1 Å². The minimum absolute atomic E-state index is 0.0198. The fourth-order valence-electron chi connectivity index (χ4n) is 13.6. The molecule has 2 nitrogen and oxygen atoms in total. The van der Waals surface area contributed by atoms with Gasteiger partial charge in [-0.15, -0.1) is 11.3 Å². The largest absolute Gasteiger partial charge is 0.376 e. The second-order valence-corrected chi connectivity index (χ2v) is 26.5. The third-order valence-electron chi connectivity index (χ3n) is 17.4. The summed E-state index contributed by atoms with van der Waals surface area (Å²) in [6.45, 7) is 31.0. The normalized spacial score (nSPS) is 16.0. The average Bonchev–Trinajstić information content (AvgIpc) is 3.99. The predicted octanol–water partition coefficient (Wildman–Crippen LogP) is 16.9. The topological polar surface area (TPSA) is 8.17 Å². The van der Waals surface area contributed by atoms with Crippen molar-refractivity contribution in [3.8, 4) is 39.1 Å². The summed E-state index contributed by atoms with van der Waals surface area (Å²) in [4.78, 5) is 2.78. The SMILES string of the molecule is CC(C)(C)c1ccc(N2B3c4cc5c(cc4-n4c6ccc(C(C)(C)C)cc6c6c7c(c(c3c64)-c3cc4c(cc32)C(C)(C)c2cc(C(C)(C)C)ccc2-4)C(C)(C)c2ccccc2-7)sc2ccccc25)cc1. The lowest BCUT2D eigenvalue weighted by Gasteiger charge is -2.44. The molecule has 8 aromatic carbocycles. The van der Waals surface area contributed by atoms with E-state index >= 15 is 0 Å². The predicted molar refractivity (Wildman–Crippen MR) is 304 cm³/mol. The average molecular weight is 925 g/mol. The van der Waals surface area contributed by atoms with Crippen molar-refractivity contribution in [2.24, 2.45) is 0 Å². The Kier molecular flexibility index (Phi) is 8.10. The van der Waals surface area contributed by atoms with Crippen LogP contribution < -0.4 is 15.7 Å². The highest BCUT2D eigenvalue weighted by molar-refractivity contribution is 7.26. The van der Waals surface area contributed by atoms with Gasteiger partial charge in [0.1, 0.15) is 0 Å². The van der Waals surface area contributed by atoms with Gasteiger partial charge in [0.15, 0.2) is 0 Å². The van der Waals surface area contributed by atoms with Crippen molar-refractivity contribution in [3.05, 3.63) is 172 Å². The molecule has 0 spiro atoms. The highest BCUT2D eigenvalue weighted by Gasteiger charge is 2.51. The van der Waals surface area contributed by atoms with Crippen molar-refractivity contribution in [1.29, 1.82) is 0 Å². The van der Waals surface area contributed by atoms with Crippen LogP contribution in [0, 0.1) is 0 Å². The number of aromatic nitrogens is 1. The Balaban J connectivity index is 1.21. The van der Waals surface area contributed by atoms with Crippen LogP contribution in [0.25, 0.3) is 81.0 Å². The molecule has 2 aliphatic heterocycles. The Morgan fingerprint density at radius 2 is 1.13 bits per heavy atom. The summed E-state index contributed by atoms with van der Waals surface area (Å²) in [5.74, 6) is 0. The van der Waals surface area contributed by atoms with E-state index in [2.05, 4.69) is 233 Å². The first-order valence-electron chi connectivity index (χ1n) is 25.6. The van der Waals surface area contributed by atoms with E-state index in [1.165, 1.54) is 142 Å². The van der Waals surface area contributed by atoms with Crippen LogP contribution in [0.5, 0.6) is 0 Å². The third kappa shape index (κ3) is 5.36. The van der Waals surface area contributed by atoms with Gasteiger partial charge in [-0.25, -0.2) is 0 Å². The van der Waals surface area contributed by atoms with Gasteiger partial charge in [0, 0.05) is 64.4 Å². The maximum Gasteiger partial charge on any atom is 0.333 e. The fourth-order valence-corrected chi connectivity index (χ4v) is 14.8. The van der Waals surface area contributed by atoms with Gasteiger partial charge in [0.2, 0.25) is 0 Å². The standard InChI is InChI=1S/C66H61BN2S/c1-62(2,3)36-22-26-39(27-23-36)69-52-34-49-43(40-28-24-38(64(7,8)9)31-48(40)65(49,10)11)32-46(52)58-59-56(42-19-14-16-20-47(42)66(59,12)13)57-45-30-37(63(4,5)6)25-29-51(45)68-53-35-55-44(41-18-15-17-21-54(41)70-55)33-50(53)67(69)60(58)61(57)68/h14-35H,1-13H3. The molecule has 0 fully saturated rings. The van der Waals surface area contributed by atoms with E-state index in [4.69, 9.17) is 0 Å². The van der Waals surface area contributed by atoms with Crippen LogP contribution in [0.3, 0.4) is 0 Å². The number of benzene rings is 8. The smallest absolute Gasteiger partial charge is 0.333 e. The van der Waals surface area contributed by atoms with Crippen LogP contribution in [-0.4, -0.2) is 11.4 Å². The molecule has 4 heteroatoms. The van der Waals surface area contributed by atoms with E-state index in [9.17, 15) is 0 Å². The monoisotopic (exact) mass is 924 g/mol. The highest BCUT2D eigenvalue weighted by Crippen LogP contribution is 2.61. The van der Waals surface area contributed by atoms with E-state index in [1.54, 1.807) is 0 Å². The number of fused-ring (bicyclic) bond motifs is 19. The van der Waals surface area contributed by atoms with Gasteiger partial charge in [-0.3, -0.25) is 0 Å². The van der Waals surface area contributed by atoms with Crippen LogP contribution >= 0.6 is 11.3 Å². The molecule has 2 aliphatic carbocycles. The second-order valence-electron chi connectivity index (χ2n) is 25.4. The van der Waals surface area contributed by atoms with Gasteiger partial charge in [-0.05, 0) is 142 Å². The van der Waals surface area contributed by atoms with Gasteiger partial charge in [0.05, 0.1) is 11.0 Å². The minimum atomic E-state index is -0.272. The fraction of sp³-hybridized carbons (Fsp3) is 0.273. The molecule has 4 heterocycles. The lowest BCUT2D eigenvalue weighted by molar-refractivity contribution is 0.584. The Labute approximate surface area is 418 Å². The number of thiophene rings is 1. The Morgan fingerprint density at radius 3 is 1.87 bits per heavy atom. The molecule has 0 radical (unpaired) electrons. The van der Waals surface area contributed by atoms with E-state index in [0.717, 1.165) is 0 Å². The van der Waals surface area contributed by atoms with E-state index in [0.29, 0.717) is 0 Å². The highest BCUT2D eigenvalue weighted by atomic mass is 32.1. The summed E-state index contributed by atoms with van der Waals surface area (Å²) in [5, 5.41) is 5.43. The van der Waals surface area contributed by atoms with Crippen molar-refractivity contribution in [2.75, 3.05) is 4.81 Å². The molecule has 0 N–H and O–H groups in total. The Morgan fingerprint density at radius 1 is 0.471 bits per heavy atom. The zero-order valence-electron chi connectivity index (χ0n) is 43.1. The molecule has 2 aromatic heterocycles. The number of anilines is 2. The summed E-state index contributed by atoms with van der Waals surface area (Å²) in [6, 6.07) is 53.3. The quantitative estimate of drug-likeness (QED) is 0.149. The van der Waals surface area contributed by atoms with E-state index in [-0.39, 0.29) is 33.9 Å². The molecule has 0 unspecified atom stereocenters. The van der Waals surface area contributed by atoms with Crippen LogP contribution in [0.4, 0.5) is 11.4 Å². The second kappa shape index (κ2) is 13.3. The first-order valence-corrected chi connectivity index (χ1v) is 26.4. The molecular weight excluding hydrogens is 864 g/mol. The van der Waals surface area contributed by atoms with E-state index < -0.39 is 0 Å². The Bertz CT molecular complexity index is 4000. The number of hydrogen-bond donors (Lipinski definition) is 0. The van der Waals surface area contributed by atoms with E-state index in [1.807, 2.05) is 11.3 Å². The summed E-state index contributed by atoms with van der Waals surface area (Å²) >= 11 is 1.93. The van der Waals surface area contributed by atoms with Crippen LogP contribution in [0.2, 0.25) is 0 Å². The molecule has 0 saturated heterocycles. The first-order chi connectivity index (χ1) is 33.1. The number of hydrogen-bond acceptors (Lipinski definition) is 2. The van der Waals surface area contributed by atoms with Gasteiger partial charge in [-0.2, -0.15) is 0 Å². The molecular formula is C66H61BN2S. The van der Waals surface area contributed by atoms with Crippen LogP contribution in [0.1, 0.15) is 129 Å². The zero-order chi connectivity index (χ0) is 48.5. The Hall–Kier alpha value is -6.36.